The second-order valence-corrected chi connectivity index (χ2v) is 2.95. The first kappa shape index (κ1) is 6.09. The second-order valence-electron chi connectivity index (χ2n) is 2.95. The molecular formula is C7H14O. The van der Waals surface area contributed by atoms with Crippen LogP contribution in [0.25, 0.3) is 0 Å². The summed E-state index contributed by atoms with van der Waals surface area (Å²) in [5, 5.41) is 0. The minimum atomic E-state index is 0.579. The quantitative estimate of drug-likeness (QED) is 0.544. The Balaban J connectivity index is 2.01. The fraction of sp³-hybridized carbons (Fsp3) is 1.00. The molecule has 0 N–H and O–H groups in total. The van der Waals surface area contributed by atoms with E-state index in [0.717, 1.165) is 13.2 Å². The van der Waals surface area contributed by atoms with Gasteiger partial charge in [0.2, 0.25) is 0 Å². The van der Waals surface area contributed by atoms with Gasteiger partial charge in [0.05, 0.1) is 6.61 Å². The van der Waals surface area contributed by atoms with Gasteiger partial charge in [-0.3, -0.25) is 0 Å². The van der Waals surface area contributed by atoms with Gasteiger partial charge >= 0.3 is 0 Å². The van der Waals surface area contributed by atoms with E-state index >= 15 is 0 Å². The lowest BCUT2D eigenvalue weighted by Gasteiger charge is -2.05. The highest BCUT2D eigenvalue weighted by Crippen LogP contribution is 2.44. The molecule has 8 heavy (non-hydrogen) atoms. The van der Waals surface area contributed by atoms with Crippen LogP contribution < -0.4 is 0 Å². The van der Waals surface area contributed by atoms with Crippen LogP contribution in [0, 0.1) is 5.41 Å². The van der Waals surface area contributed by atoms with Gasteiger partial charge in [-0.25, -0.2) is 0 Å². The fourth-order valence-corrected chi connectivity index (χ4v) is 0.706. The molecule has 0 aromatic rings. The Morgan fingerprint density at radius 2 is 2.12 bits per heavy atom. The Hall–Kier alpha value is -0.0400. The molecule has 0 amide bonds. The Morgan fingerprint density at radius 3 is 2.50 bits per heavy atom. The second kappa shape index (κ2) is 2.06. The molecular weight excluding hydrogens is 100 g/mol. The van der Waals surface area contributed by atoms with Gasteiger partial charge in [0.15, 0.2) is 0 Å². The van der Waals surface area contributed by atoms with Crippen molar-refractivity contribution in [2.75, 3.05) is 13.2 Å². The molecule has 1 rings (SSSR count). The molecule has 1 aliphatic rings. The number of ether oxygens (including phenoxy) is 1. The van der Waals surface area contributed by atoms with Crippen molar-refractivity contribution in [2.45, 2.75) is 26.7 Å². The molecule has 0 radical (unpaired) electrons. The van der Waals surface area contributed by atoms with Crippen LogP contribution in [0.5, 0.6) is 0 Å². The van der Waals surface area contributed by atoms with Crippen molar-refractivity contribution in [1.82, 2.24) is 0 Å². The molecule has 1 fully saturated rings. The average Bonchev–Trinajstić information content (AvgIpc) is 2.45. The molecule has 1 heteroatoms. The summed E-state index contributed by atoms with van der Waals surface area (Å²) in [4.78, 5) is 0. The van der Waals surface area contributed by atoms with E-state index in [1.807, 2.05) is 6.92 Å². The van der Waals surface area contributed by atoms with Crippen LogP contribution in [0.3, 0.4) is 0 Å². The summed E-state index contributed by atoms with van der Waals surface area (Å²) in [7, 11) is 0. The van der Waals surface area contributed by atoms with Crippen LogP contribution in [0.4, 0.5) is 0 Å². The maximum atomic E-state index is 5.26. The maximum absolute atomic E-state index is 5.26. The van der Waals surface area contributed by atoms with Gasteiger partial charge in [-0.2, -0.15) is 0 Å². The highest BCUT2D eigenvalue weighted by molar-refractivity contribution is 4.87. The highest BCUT2D eigenvalue weighted by Gasteiger charge is 2.36. The summed E-state index contributed by atoms with van der Waals surface area (Å²) < 4.78 is 5.26. The van der Waals surface area contributed by atoms with Crippen molar-refractivity contribution in [3.05, 3.63) is 0 Å². The number of hydrogen-bond acceptors (Lipinski definition) is 1. The van der Waals surface area contributed by atoms with Crippen LogP contribution in [-0.2, 0) is 4.74 Å². The summed E-state index contributed by atoms with van der Waals surface area (Å²) in [6.45, 7) is 6.17. The summed E-state index contributed by atoms with van der Waals surface area (Å²) in [5.74, 6) is 0. The summed E-state index contributed by atoms with van der Waals surface area (Å²) in [6, 6.07) is 0. The minimum absolute atomic E-state index is 0.579. The van der Waals surface area contributed by atoms with Crippen molar-refractivity contribution in [1.29, 1.82) is 0 Å². The van der Waals surface area contributed by atoms with Crippen molar-refractivity contribution in [2.24, 2.45) is 5.41 Å². The zero-order chi connectivity index (χ0) is 6.04. The maximum Gasteiger partial charge on any atom is 0.0519 e. The third-order valence-corrected chi connectivity index (χ3v) is 1.76. The Labute approximate surface area is 51.0 Å². The molecule has 1 aliphatic carbocycles. The van der Waals surface area contributed by atoms with Crippen LogP contribution in [0.15, 0.2) is 0 Å². The van der Waals surface area contributed by atoms with Gasteiger partial charge < -0.3 is 4.74 Å². The molecule has 0 bridgehead atoms. The van der Waals surface area contributed by atoms with Crippen LogP contribution in [-0.4, -0.2) is 13.2 Å². The van der Waals surface area contributed by atoms with E-state index in [0.29, 0.717) is 5.41 Å². The van der Waals surface area contributed by atoms with E-state index in [1.165, 1.54) is 12.8 Å². The molecule has 0 aliphatic heterocycles. The van der Waals surface area contributed by atoms with Crippen molar-refractivity contribution >= 4 is 0 Å². The lowest BCUT2D eigenvalue weighted by atomic mass is 10.2. The van der Waals surface area contributed by atoms with Gasteiger partial charge in [-0.15, -0.1) is 0 Å². The molecule has 1 saturated carbocycles. The van der Waals surface area contributed by atoms with E-state index < -0.39 is 0 Å². The van der Waals surface area contributed by atoms with Gasteiger partial charge in [-0.1, -0.05) is 6.92 Å². The van der Waals surface area contributed by atoms with Gasteiger partial charge in [0, 0.05) is 6.61 Å². The molecule has 0 aromatic heterocycles. The predicted molar refractivity (Wildman–Crippen MR) is 33.8 cm³/mol. The van der Waals surface area contributed by atoms with E-state index in [-0.39, 0.29) is 0 Å². The minimum Gasteiger partial charge on any atom is -0.381 e. The average molecular weight is 114 g/mol. The van der Waals surface area contributed by atoms with E-state index in [9.17, 15) is 0 Å². The molecule has 0 aromatic carbocycles. The van der Waals surface area contributed by atoms with Crippen LogP contribution in [0.2, 0.25) is 0 Å². The predicted octanol–water partition coefficient (Wildman–Crippen LogP) is 1.82. The van der Waals surface area contributed by atoms with Gasteiger partial charge in [0.1, 0.15) is 0 Å². The van der Waals surface area contributed by atoms with Gasteiger partial charge in [0.25, 0.3) is 0 Å². The van der Waals surface area contributed by atoms with E-state index in [1.54, 1.807) is 0 Å². The number of rotatable bonds is 3. The Morgan fingerprint density at radius 1 is 1.50 bits per heavy atom. The molecule has 48 valence electrons. The van der Waals surface area contributed by atoms with Crippen LogP contribution in [0.1, 0.15) is 26.7 Å². The molecule has 0 atom stereocenters. The lowest BCUT2D eigenvalue weighted by molar-refractivity contribution is 0.107. The van der Waals surface area contributed by atoms with Crippen molar-refractivity contribution in [3.63, 3.8) is 0 Å². The summed E-state index contributed by atoms with van der Waals surface area (Å²) in [6.07, 6.45) is 2.74. The van der Waals surface area contributed by atoms with Crippen LogP contribution >= 0.6 is 0 Å². The standard InChI is InChI=1S/C7H14O/c1-3-8-6-7(2)4-5-7/h3-6H2,1-2H3. The fourth-order valence-electron chi connectivity index (χ4n) is 0.706. The molecule has 0 spiro atoms. The smallest absolute Gasteiger partial charge is 0.0519 e. The third kappa shape index (κ3) is 1.48. The summed E-state index contributed by atoms with van der Waals surface area (Å²) >= 11 is 0. The third-order valence-electron chi connectivity index (χ3n) is 1.76. The Bertz CT molecular complexity index is 74.5. The first-order valence-corrected chi connectivity index (χ1v) is 3.35. The number of hydrogen-bond donors (Lipinski definition) is 0. The molecule has 0 saturated heterocycles. The Kier molecular flexibility index (Phi) is 1.57. The largest absolute Gasteiger partial charge is 0.381 e. The van der Waals surface area contributed by atoms with Gasteiger partial charge in [-0.05, 0) is 25.2 Å². The zero-order valence-electron chi connectivity index (χ0n) is 5.74. The molecule has 1 nitrogen and oxygen atoms in total. The SMILES string of the molecule is CCOCC1(C)CC1. The van der Waals surface area contributed by atoms with Crippen molar-refractivity contribution < 1.29 is 4.74 Å². The topological polar surface area (TPSA) is 9.23 Å². The normalized spacial score (nSPS) is 23.2. The lowest BCUT2D eigenvalue weighted by Crippen LogP contribution is -2.04. The first-order chi connectivity index (χ1) is 3.77. The molecule has 0 heterocycles. The van der Waals surface area contributed by atoms with Crippen molar-refractivity contribution in [3.8, 4) is 0 Å². The molecule has 0 unspecified atom stereocenters. The first-order valence-electron chi connectivity index (χ1n) is 3.35. The van der Waals surface area contributed by atoms with E-state index in [2.05, 4.69) is 6.92 Å². The van der Waals surface area contributed by atoms with E-state index in [4.69, 9.17) is 4.74 Å². The monoisotopic (exact) mass is 114 g/mol. The summed E-state index contributed by atoms with van der Waals surface area (Å²) in [5.41, 5.74) is 0.579. The highest BCUT2D eigenvalue weighted by atomic mass is 16.5. The zero-order valence-corrected chi connectivity index (χ0v) is 5.74.